The Kier molecular flexibility index (Phi) is 6.04. The van der Waals surface area contributed by atoms with Crippen LogP contribution in [0.2, 0.25) is 0 Å². The number of halogens is 2. The van der Waals surface area contributed by atoms with E-state index in [1.54, 1.807) is 23.0 Å². The third-order valence-corrected chi connectivity index (χ3v) is 6.36. The molecule has 3 rings (SSSR count). The van der Waals surface area contributed by atoms with Crippen molar-refractivity contribution in [3.05, 3.63) is 42.2 Å². The van der Waals surface area contributed by atoms with Crippen LogP contribution in [0.15, 0.2) is 36.7 Å². The van der Waals surface area contributed by atoms with Crippen molar-refractivity contribution in [1.29, 1.82) is 0 Å². The molecule has 1 fully saturated rings. The smallest absolute Gasteiger partial charge is 0.248 e. The SMILES string of the molecule is CCS(=O)(=O)N[C@H]1CCC(F)(F)C[C@H]1COc1ccc(-n2cc(C)cn2)cc1. The van der Waals surface area contributed by atoms with E-state index in [1.807, 2.05) is 25.3 Å². The van der Waals surface area contributed by atoms with Gasteiger partial charge in [0, 0.05) is 31.0 Å². The lowest BCUT2D eigenvalue weighted by Crippen LogP contribution is -2.48. The summed E-state index contributed by atoms with van der Waals surface area (Å²) in [7, 11) is -3.47. The highest BCUT2D eigenvalue weighted by molar-refractivity contribution is 7.89. The van der Waals surface area contributed by atoms with Crippen LogP contribution in [0, 0.1) is 12.8 Å². The van der Waals surface area contributed by atoms with E-state index in [2.05, 4.69) is 9.82 Å². The first-order valence-electron chi connectivity index (χ1n) is 9.30. The number of ether oxygens (including phenoxy) is 1. The van der Waals surface area contributed by atoms with E-state index < -0.39 is 34.3 Å². The van der Waals surface area contributed by atoms with Gasteiger partial charge < -0.3 is 4.74 Å². The first-order valence-corrected chi connectivity index (χ1v) is 10.9. The number of rotatable bonds is 7. The largest absolute Gasteiger partial charge is 0.493 e. The molecule has 6 nitrogen and oxygen atoms in total. The minimum atomic E-state index is -3.47. The molecule has 1 saturated carbocycles. The van der Waals surface area contributed by atoms with E-state index >= 15 is 0 Å². The summed E-state index contributed by atoms with van der Waals surface area (Å²) >= 11 is 0. The van der Waals surface area contributed by atoms with Crippen molar-refractivity contribution in [3.8, 4) is 11.4 Å². The Labute approximate surface area is 163 Å². The first-order chi connectivity index (χ1) is 13.2. The second-order valence-electron chi connectivity index (χ2n) is 7.25. The van der Waals surface area contributed by atoms with Gasteiger partial charge in [0.2, 0.25) is 15.9 Å². The molecule has 0 spiro atoms. The number of nitrogens with one attached hydrogen (secondary N) is 1. The number of aromatic nitrogens is 2. The molecule has 9 heteroatoms. The highest BCUT2D eigenvalue weighted by atomic mass is 32.2. The topological polar surface area (TPSA) is 73.2 Å². The molecule has 154 valence electrons. The van der Waals surface area contributed by atoms with Crippen molar-refractivity contribution in [3.63, 3.8) is 0 Å². The molecular formula is C19H25F2N3O3S. The van der Waals surface area contributed by atoms with Crippen LogP contribution < -0.4 is 9.46 Å². The molecule has 0 amide bonds. The summed E-state index contributed by atoms with van der Waals surface area (Å²) in [6.45, 7) is 3.49. The lowest BCUT2D eigenvalue weighted by Gasteiger charge is -2.36. The predicted octanol–water partition coefficient (Wildman–Crippen LogP) is 3.30. The van der Waals surface area contributed by atoms with Crippen molar-refractivity contribution in [1.82, 2.24) is 14.5 Å². The number of aryl methyl sites for hydroxylation is 1. The van der Waals surface area contributed by atoms with Crippen molar-refractivity contribution in [2.75, 3.05) is 12.4 Å². The molecule has 1 aromatic carbocycles. The monoisotopic (exact) mass is 413 g/mol. The van der Waals surface area contributed by atoms with Gasteiger partial charge in [-0.3, -0.25) is 0 Å². The lowest BCUT2D eigenvalue weighted by atomic mass is 9.83. The predicted molar refractivity (Wildman–Crippen MR) is 102 cm³/mol. The van der Waals surface area contributed by atoms with Crippen LogP contribution in [0.4, 0.5) is 8.78 Å². The fourth-order valence-corrected chi connectivity index (χ4v) is 4.27. The maximum absolute atomic E-state index is 13.9. The van der Waals surface area contributed by atoms with Crippen molar-refractivity contribution in [2.24, 2.45) is 5.92 Å². The normalized spacial score (nSPS) is 22.1. The fraction of sp³-hybridized carbons (Fsp3) is 0.526. The minimum Gasteiger partial charge on any atom is -0.493 e. The van der Waals surface area contributed by atoms with Gasteiger partial charge in [-0.1, -0.05) is 0 Å². The zero-order chi connectivity index (χ0) is 20.4. The molecule has 0 aliphatic heterocycles. The van der Waals surface area contributed by atoms with Crippen LogP contribution in [0.5, 0.6) is 5.75 Å². The zero-order valence-corrected chi connectivity index (χ0v) is 16.8. The Morgan fingerprint density at radius 3 is 2.64 bits per heavy atom. The zero-order valence-electron chi connectivity index (χ0n) is 15.9. The number of hydrogen-bond acceptors (Lipinski definition) is 4. The number of sulfonamides is 1. The Bertz CT molecular complexity index is 897. The van der Waals surface area contributed by atoms with E-state index in [0.717, 1.165) is 11.3 Å². The van der Waals surface area contributed by atoms with Crippen LogP contribution in [0.3, 0.4) is 0 Å². The lowest BCUT2D eigenvalue weighted by molar-refractivity contribution is -0.0660. The minimum absolute atomic E-state index is 0.0206. The van der Waals surface area contributed by atoms with Gasteiger partial charge in [0.1, 0.15) is 5.75 Å². The van der Waals surface area contributed by atoms with Crippen molar-refractivity contribution < 1.29 is 21.9 Å². The Hall–Kier alpha value is -2.00. The summed E-state index contributed by atoms with van der Waals surface area (Å²) in [5, 5.41) is 4.23. The third-order valence-electron chi connectivity index (χ3n) is 4.94. The summed E-state index contributed by atoms with van der Waals surface area (Å²) in [5.41, 5.74) is 1.90. The molecule has 0 unspecified atom stereocenters. The van der Waals surface area contributed by atoms with Gasteiger partial charge in [0.15, 0.2) is 0 Å². The molecule has 1 aliphatic rings. The molecule has 0 bridgehead atoms. The number of nitrogens with zero attached hydrogens (tertiary/aromatic N) is 2. The number of alkyl halides is 2. The van der Waals surface area contributed by atoms with Crippen molar-refractivity contribution in [2.45, 2.75) is 45.1 Å². The van der Waals surface area contributed by atoms with Crippen LogP contribution in [0.1, 0.15) is 31.7 Å². The molecule has 0 saturated heterocycles. The summed E-state index contributed by atoms with van der Waals surface area (Å²) in [5.74, 6) is -2.94. The molecule has 1 N–H and O–H groups in total. The van der Waals surface area contributed by atoms with Crippen LogP contribution in [-0.4, -0.2) is 42.5 Å². The van der Waals surface area contributed by atoms with E-state index in [4.69, 9.17) is 4.74 Å². The summed E-state index contributed by atoms with van der Waals surface area (Å²) in [4.78, 5) is 0. The molecule has 1 aromatic heterocycles. The average Bonchev–Trinajstić information content (AvgIpc) is 3.08. The van der Waals surface area contributed by atoms with Gasteiger partial charge in [0.05, 0.1) is 24.2 Å². The van der Waals surface area contributed by atoms with Crippen LogP contribution in [-0.2, 0) is 10.0 Å². The highest BCUT2D eigenvalue weighted by Gasteiger charge is 2.42. The molecular weight excluding hydrogens is 388 g/mol. The van der Waals surface area contributed by atoms with Crippen LogP contribution in [0.25, 0.3) is 5.69 Å². The Morgan fingerprint density at radius 2 is 2.04 bits per heavy atom. The number of benzene rings is 1. The highest BCUT2D eigenvalue weighted by Crippen LogP contribution is 2.37. The summed E-state index contributed by atoms with van der Waals surface area (Å²) in [6, 6.07) is 6.61. The maximum Gasteiger partial charge on any atom is 0.248 e. The molecule has 28 heavy (non-hydrogen) atoms. The first kappa shape index (κ1) is 20.7. The van der Waals surface area contributed by atoms with E-state index in [-0.39, 0.29) is 25.2 Å². The fourth-order valence-electron chi connectivity index (χ4n) is 3.33. The van der Waals surface area contributed by atoms with E-state index in [0.29, 0.717) is 5.75 Å². The van der Waals surface area contributed by atoms with Gasteiger partial charge in [-0.05, 0) is 50.1 Å². The molecule has 2 atom stereocenters. The van der Waals surface area contributed by atoms with Gasteiger partial charge in [-0.25, -0.2) is 26.6 Å². The Morgan fingerprint density at radius 1 is 1.32 bits per heavy atom. The molecule has 1 aliphatic carbocycles. The summed E-state index contributed by atoms with van der Waals surface area (Å²) in [6.07, 6.45) is 3.03. The van der Waals surface area contributed by atoms with E-state index in [1.165, 1.54) is 6.92 Å². The maximum atomic E-state index is 13.9. The van der Waals surface area contributed by atoms with E-state index in [9.17, 15) is 17.2 Å². The molecule has 0 radical (unpaired) electrons. The van der Waals surface area contributed by atoms with Gasteiger partial charge in [-0.2, -0.15) is 5.10 Å². The number of hydrogen-bond donors (Lipinski definition) is 1. The van der Waals surface area contributed by atoms with Crippen LogP contribution >= 0.6 is 0 Å². The average molecular weight is 413 g/mol. The molecule has 1 heterocycles. The van der Waals surface area contributed by atoms with Gasteiger partial charge in [0.25, 0.3) is 0 Å². The quantitative estimate of drug-likeness (QED) is 0.756. The van der Waals surface area contributed by atoms with Gasteiger partial charge in [-0.15, -0.1) is 0 Å². The second-order valence-corrected chi connectivity index (χ2v) is 9.30. The summed E-state index contributed by atoms with van der Waals surface area (Å²) < 4.78 is 61.5. The molecule has 2 aromatic rings. The standard InChI is InChI=1S/C19H25F2N3O3S/c1-3-28(25,26)23-18-8-9-19(20,21)10-15(18)13-27-17-6-4-16(5-7-17)24-12-14(2)11-22-24/h4-7,11-12,15,18,23H,3,8-10,13H2,1-2H3/t15-,18-/m0/s1. The Balaban J connectivity index is 1.66. The third kappa shape index (κ3) is 5.29. The second kappa shape index (κ2) is 8.16. The van der Waals surface area contributed by atoms with Crippen molar-refractivity contribution >= 4 is 10.0 Å². The van der Waals surface area contributed by atoms with Gasteiger partial charge >= 0.3 is 0 Å².